The molecule has 0 spiro atoms. The van der Waals surface area contributed by atoms with Crippen LogP contribution in [0.3, 0.4) is 0 Å². The van der Waals surface area contributed by atoms with Crippen LogP contribution in [0, 0.1) is 5.41 Å². The minimum absolute atomic E-state index is 0.0752. The first kappa shape index (κ1) is 12.4. The Bertz CT molecular complexity index is 353. The Morgan fingerprint density at radius 1 is 1.38 bits per heavy atom. The maximum absolute atomic E-state index is 7.26. The van der Waals surface area contributed by atoms with Crippen LogP contribution in [0.15, 0.2) is 24.3 Å². The Labute approximate surface area is 95.9 Å². The summed E-state index contributed by atoms with van der Waals surface area (Å²) in [5.41, 5.74) is 5.37. The van der Waals surface area contributed by atoms with E-state index in [1.807, 2.05) is 31.2 Å². The van der Waals surface area contributed by atoms with Crippen molar-refractivity contribution in [2.45, 2.75) is 25.9 Å². The van der Waals surface area contributed by atoms with Crippen LogP contribution in [0.25, 0.3) is 0 Å². The van der Waals surface area contributed by atoms with Crippen molar-refractivity contribution in [1.29, 1.82) is 5.41 Å². The van der Waals surface area contributed by atoms with Crippen LogP contribution in [-0.4, -0.2) is 19.0 Å². The highest BCUT2D eigenvalue weighted by molar-refractivity contribution is 5.77. The second-order valence-electron chi connectivity index (χ2n) is 3.53. The summed E-state index contributed by atoms with van der Waals surface area (Å²) in [6, 6.07) is 7.47. The molecule has 3 N–H and O–H groups in total. The van der Waals surface area contributed by atoms with Crippen LogP contribution in [0.2, 0.25) is 0 Å². The molecular formula is C12H18N2O2. The molecule has 1 unspecified atom stereocenters. The molecule has 1 atom stereocenters. The van der Waals surface area contributed by atoms with Crippen molar-refractivity contribution in [3.63, 3.8) is 0 Å². The zero-order valence-corrected chi connectivity index (χ0v) is 9.69. The van der Waals surface area contributed by atoms with Gasteiger partial charge in [0.2, 0.25) is 0 Å². The zero-order chi connectivity index (χ0) is 12.0. The molecule has 0 bridgehead atoms. The largest absolute Gasteiger partial charge is 0.493 e. The standard InChI is InChI=1S/C12H18N2O2/c1-3-9(8-12(13)14)16-11-7-5-4-6-10(11)15-2/h4-7,9H,3,8H2,1-2H3,(H3,13,14). The maximum atomic E-state index is 7.26. The number of nitrogens with two attached hydrogens (primary N) is 1. The third kappa shape index (κ3) is 3.46. The summed E-state index contributed by atoms with van der Waals surface area (Å²) in [5, 5.41) is 7.26. The van der Waals surface area contributed by atoms with E-state index in [0.717, 1.165) is 6.42 Å². The number of amidine groups is 1. The van der Waals surface area contributed by atoms with Crippen molar-refractivity contribution in [1.82, 2.24) is 0 Å². The first-order valence-electron chi connectivity index (χ1n) is 5.30. The van der Waals surface area contributed by atoms with E-state index in [1.165, 1.54) is 0 Å². The lowest BCUT2D eigenvalue weighted by molar-refractivity contribution is 0.196. The van der Waals surface area contributed by atoms with Gasteiger partial charge in [0.15, 0.2) is 11.5 Å². The summed E-state index contributed by atoms with van der Waals surface area (Å²) in [6.45, 7) is 2.00. The summed E-state index contributed by atoms with van der Waals surface area (Å²) in [5.74, 6) is 1.53. The van der Waals surface area contributed by atoms with Gasteiger partial charge in [-0.15, -0.1) is 0 Å². The zero-order valence-electron chi connectivity index (χ0n) is 9.69. The molecule has 1 rings (SSSR count). The van der Waals surface area contributed by atoms with Crippen molar-refractivity contribution in [2.75, 3.05) is 7.11 Å². The van der Waals surface area contributed by atoms with Crippen molar-refractivity contribution in [3.05, 3.63) is 24.3 Å². The summed E-state index contributed by atoms with van der Waals surface area (Å²) < 4.78 is 10.9. The van der Waals surface area contributed by atoms with E-state index in [0.29, 0.717) is 17.9 Å². The first-order chi connectivity index (χ1) is 7.67. The first-order valence-corrected chi connectivity index (χ1v) is 5.30. The van der Waals surface area contributed by atoms with Crippen molar-refractivity contribution >= 4 is 5.84 Å². The number of ether oxygens (including phenoxy) is 2. The maximum Gasteiger partial charge on any atom is 0.161 e. The van der Waals surface area contributed by atoms with Crippen LogP contribution >= 0.6 is 0 Å². The molecule has 0 fully saturated rings. The van der Waals surface area contributed by atoms with E-state index in [-0.39, 0.29) is 11.9 Å². The predicted molar refractivity (Wildman–Crippen MR) is 64.2 cm³/mol. The Hall–Kier alpha value is -1.71. The number of methoxy groups -OCH3 is 1. The molecule has 4 nitrogen and oxygen atoms in total. The molecule has 0 aliphatic carbocycles. The van der Waals surface area contributed by atoms with Gasteiger partial charge in [-0.2, -0.15) is 0 Å². The van der Waals surface area contributed by atoms with Crippen LogP contribution in [-0.2, 0) is 0 Å². The van der Waals surface area contributed by atoms with Gasteiger partial charge in [0, 0.05) is 6.42 Å². The van der Waals surface area contributed by atoms with E-state index in [4.69, 9.17) is 20.6 Å². The van der Waals surface area contributed by atoms with Crippen molar-refractivity contribution < 1.29 is 9.47 Å². The van der Waals surface area contributed by atoms with E-state index in [1.54, 1.807) is 7.11 Å². The third-order valence-corrected chi connectivity index (χ3v) is 2.27. The van der Waals surface area contributed by atoms with Crippen LogP contribution in [0.1, 0.15) is 19.8 Å². The number of hydrogen-bond acceptors (Lipinski definition) is 3. The van der Waals surface area contributed by atoms with Crippen LogP contribution in [0.4, 0.5) is 0 Å². The van der Waals surface area contributed by atoms with Gasteiger partial charge in [0.1, 0.15) is 6.10 Å². The number of para-hydroxylation sites is 2. The van der Waals surface area contributed by atoms with E-state index < -0.39 is 0 Å². The summed E-state index contributed by atoms with van der Waals surface area (Å²) in [6.07, 6.45) is 1.17. The highest BCUT2D eigenvalue weighted by Gasteiger charge is 2.12. The lowest BCUT2D eigenvalue weighted by Gasteiger charge is -2.18. The van der Waals surface area contributed by atoms with E-state index in [9.17, 15) is 0 Å². The van der Waals surface area contributed by atoms with Gasteiger partial charge < -0.3 is 15.2 Å². The number of benzene rings is 1. The fourth-order valence-electron chi connectivity index (χ4n) is 1.41. The minimum atomic E-state index is -0.0752. The highest BCUT2D eigenvalue weighted by atomic mass is 16.5. The van der Waals surface area contributed by atoms with Gasteiger partial charge in [-0.25, -0.2) is 0 Å². The lowest BCUT2D eigenvalue weighted by Crippen LogP contribution is -2.24. The molecule has 0 saturated carbocycles. The number of hydrogen-bond donors (Lipinski definition) is 2. The van der Waals surface area contributed by atoms with Gasteiger partial charge in [-0.05, 0) is 18.6 Å². The highest BCUT2D eigenvalue weighted by Crippen LogP contribution is 2.27. The monoisotopic (exact) mass is 222 g/mol. The van der Waals surface area contributed by atoms with Gasteiger partial charge in [-0.3, -0.25) is 5.41 Å². The Morgan fingerprint density at radius 3 is 2.50 bits per heavy atom. The Kier molecular flexibility index (Phi) is 4.64. The van der Waals surface area contributed by atoms with Gasteiger partial charge in [-0.1, -0.05) is 19.1 Å². The van der Waals surface area contributed by atoms with Gasteiger partial charge in [0.05, 0.1) is 12.9 Å². The Morgan fingerprint density at radius 2 is 2.00 bits per heavy atom. The molecule has 0 aromatic heterocycles. The fourth-order valence-corrected chi connectivity index (χ4v) is 1.41. The molecule has 0 saturated heterocycles. The van der Waals surface area contributed by atoms with Crippen molar-refractivity contribution in [3.8, 4) is 11.5 Å². The van der Waals surface area contributed by atoms with Gasteiger partial charge >= 0.3 is 0 Å². The molecule has 16 heavy (non-hydrogen) atoms. The molecule has 4 heteroatoms. The fraction of sp³-hybridized carbons (Fsp3) is 0.417. The second-order valence-corrected chi connectivity index (χ2v) is 3.53. The summed E-state index contributed by atoms with van der Waals surface area (Å²) in [7, 11) is 1.61. The van der Waals surface area contributed by atoms with E-state index >= 15 is 0 Å². The molecule has 0 amide bonds. The quantitative estimate of drug-likeness (QED) is 0.572. The summed E-state index contributed by atoms with van der Waals surface area (Å²) in [4.78, 5) is 0. The van der Waals surface area contributed by atoms with Crippen molar-refractivity contribution in [2.24, 2.45) is 5.73 Å². The molecule has 0 heterocycles. The van der Waals surface area contributed by atoms with Crippen LogP contribution < -0.4 is 15.2 Å². The molecule has 0 aliphatic heterocycles. The normalized spacial score (nSPS) is 11.9. The summed E-state index contributed by atoms with van der Waals surface area (Å²) >= 11 is 0. The molecule has 0 radical (unpaired) electrons. The molecule has 1 aromatic carbocycles. The number of nitrogens with one attached hydrogen (secondary N) is 1. The van der Waals surface area contributed by atoms with Crippen LogP contribution in [0.5, 0.6) is 11.5 Å². The average Bonchev–Trinajstić information content (AvgIpc) is 2.28. The molecule has 0 aliphatic rings. The molecule has 1 aromatic rings. The topological polar surface area (TPSA) is 68.3 Å². The second kappa shape index (κ2) is 6.00. The van der Waals surface area contributed by atoms with Gasteiger partial charge in [0.25, 0.3) is 0 Å². The molecular weight excluding hydrogens is 204 g/mol. The van der Waals surface area contributed by atoms with E-state index in [2.05, 4.69) is 0 Å². The smallest absolute Gasteiger partial charge is 0.161 e. The lowest BCUT2D eigenvalue weighted by atomic mass is 10.2. The SMILES string of the molecule is CCC(CC(=N)N)Oc1ccccc1OC. The Balaban J connectivity index is 2.73. The third-order valence-electron chi connectivity index (χ3n) is 2.27. The minimum Gasteiger partial charge on any atom is -0.493 e. The average molecular weight is 222 g/mol. The number of rotatable bonds is 6. The molecule has 88 valence electrons. The predicted octanol–water partition coefficient (Wildman–Crippen LogP) is 2.18.